The molecule has 3 rings (SSSR count). The van der Waals surface area contributed by atoms with E-state index < -0.39 is 0 Å². The minimum absolute atomic E-state index is 0.254. The molecule has 0 amide bonds. The van der Waals surface area contributed by atoms with Crippen molar-refractivity contribution in [2.45, 2.75) is 26.4 Å². The molecule has 2 aromatic rings. The van der Waals surface area contributed by atoms with Gasteiger partial charge in [0.05, 0.1) is 6.54 Å². The lowest BCUT2D eigenvalue weighted by atomic mass is 10.3. The fourth-order valence-electron chi connectivity index (χ4n) is 1.76. The fraction of sp³-hybridized carbons (Fsp3) is 0.385. The van der Waals surface area contributed by atoms with Crippen molar-refractivity contribution in [1.82, 2.24) is 15.5 Å². The third kappa shape index (κ3) is 2.83. The molecule has 7 nitrogen and oxygen atoms in total. The van der Waals surface area contributed by atoms with Gasteiger partial charge in [-0.1, -0.05) is 18.9 Å². The number of aromatic nitrogens is 2. The van der Waals surface area contributed by atoms with Gasteiger partial charge in [-0.05, 0) is 12.1 Å². The van der Waals surface area contributed by atoms with Crippen molar-refractivity contribution in [3.05, 3.63) is 24.1 Å². The minimum Gasteiger partial charge on any atom is -0.454 e. The Morgan fingerprint density at radius 1 is 1.20 bits per heavy atom. The number of hydrogen-bond acceptors (Lipinski definition) is 7. The molecular formula is C13H16N4O3. The minimum atomic E-state index is 0.254. The first kappa shape index (κ1) is 12.7. The van der Waals surface area contributed by atoms with Crippen LogP contribution in [0.2, 0.25) is 0 Å². The van der Waals surface area contributed by atoms with Crippen LogP contribution in [0.1, 0.15) is 19.7 Å². The number of nitrogens with zero attached hydrogens (tertiary/aromatic N) is 2. The first-order chi connectivity index (χ1) is 9.70. The molecule has 7 heteroatoms. The van der Waals surface area contributed by atoms with E-state index in [0.717, 1.165) is 11.4 Å². The number of ether oxygens (including phenoxy) is 2. The van der Waals surface area contributed by atoms with Crippen LogP contribution in [0.5, 0.6) is 11.5 Å². The summed E-state index contributed by atoms with van der Waals surface area (Å²) in [7, 11) is 0. The van der Waals surface area contributed by atoms with Gasteiger partial charge < -0.3 is 24.5 Å². The van der Waals surface area contributed by atoms with E-state index in [0.29, 0.717) is 30.2 Å². The number of fused-ring (bicyclic) bond motifs is 1. The van der Waals surface area contributed by atoms with Gasteiger partial charge in [0.2, 0.25) is 12.7 Å². The quantitative estimate of drug-likeness (QED) is 0.864. The third-order valence-electron chi connectivity index (χ3n) is 2.75. The van der Waals surface area contributed by atoms with Gasteiger partial charge in [-0.2, -0.15) is 0 Å². The second-order valence-corrected chi connectivity index (χ2v) is 4.73. The van der Waals surface area contributed by atoms with Gasteiger partial charge in [0.1, 0.15) is 0 Å². The zero-order valence-electron chi connectivity index (χ0n) is 11.3. The van der Waals surface area contributed by atoms with E-state index in [9.17, 15) is 0 Å². The summed E-state index contributed by atoms with van der Waals surface area (Å²) in [6.45, 7) is 4.92. The van der Waals surface area contributed by atoms with Crippen LogP contribution in [0.4, 0.5) is 11.7 Å². The van der Waals surface area contributed by atoms with Crippen molar-refractivity contribution < 1.29 is 13.9 Å². The number of nitrogens with one attached hydrogen (secondary N) is 2. The largest absolute Gasteiger partial charge is 0.454 e. The van der Waals surface area contributed by atoms with Gasteiger partial charge in [0.25, 0.3) is 0 Å². The molecule has 2 heterocycles. The van der Waals surface area contributed by atoms with Crippen LogP contribution in [-0.4, -0.2) is 23.0 Å². The van der Waals surface area contributed by atoms with Gasteiger partial charge in [-0.15, -0.1) is 5.10 Å². The Labute approximate surface area is 116 Å². The van der Waals surface area contributed by atoms with Crippen LogP contribution >= 0.6 is 0 Å². The van der Waals surface area contributed by atoms with E-state index in [4.69, 9.17) is 13.9 Å². The van der Waals surface area contributed by atoms with Crippen molar-refractivity contribution in [3.8, 4) is 11.5 Å². The molecule has 2 N–H and O–H groups in total. The molecule has 20 heavy (non-hydrogen) atoms. The Morgan fingerprint density at radius 3 is 2.90 bits per heavy atom. The first-order valence-corrected chi connectivity index (χ1v) is 6.43. The molecule has 1 aromatic carbocycles. The van der Waals surface area contributed by atoms with E-state index in [-0.39, 0.29) is 6.79 Å². The van der Waals surface area contributed by atoms with Crippen LogP contribution in [0.3, 0.4) is 0 Å². The van der Waals surface area contributed by atoms with Gasteiger partial charge in [-0.25, -0.2) is 0 Å². The van der Waals surface area contributed by atoms with Crippen molar-refractivity contribution >= 4 is 11.7 Å². The number of benzene rings is 1. The first-order valence-electron chi connectivity index (χ1n) is 6.43. The Balaban J connectivity index is 1.65. The highest BCUT2D eigenvalue weighted by atomic mass is 16.7. The number of hydrogen-bond donors (Lipinski definition) is 2. The molecule has 0 atom stereocenters. The highest BCUT2D eigenvalue weighted by Crippen LogP contribution is 2.34. The third-order valence-corrected chi connectivity index (χ3v) is 2.75. The lowest BCUT2D eigenvalue weighted by Gasteiger charge is -2.04. The summed E-state index contributed by atoms with van der Waals surface area (Å²) in [6, 6.07) is 6.25. The van der Waals surface area contributed by atoms with Gasteiger partial charge in [-0.3, -0.25) is 0 Å². The monoisotopic (exact) mass is 276 g/mol. The summed E-state index contributed by atoms with van der Waals surface area (Å²) in [6.07, 6.45) is 0. The van der Waals surface area contributed by atoms with Crippen molar-refractivity contribution in [1.29, 1.82) is 0 Å². The zero-order chi connectivity index (χ0) is 13.9. The Hall–Kier alpha value is -2.28. The van der Waals surface area contributed by atoms with Crippen molar-refractivity contribution in [3.63, 3.8) is 0 Å². The Kier molecular flexibility index (Phi) is 3.42. The van der Waals surface area contributed by atoms with Crippen LogP contribution < -0.4 is 20.1 Å². The van der Waals surface area contributed by atoms with E-state index in [1.807, 2.05) is 18.2 Å². The predicted octanol–water partition coefficient (Wildman–Crippen LogP) is 2.04. The van der Waals surface area contributed by atoms with Crippen LogP contribution in [0.25, 0.3) is 0 Å². The number of anilines is 2. The van der Waals surface area contributed by atoms with Crippen LogP contribution in [0.15, 0.2) is 22.6 Å². The smallest absolute Gasteiger partial charge is 0.320 e. The summed E-state index contributed by atoms with van der Waals surface area (Å²) in [5.41, 5.74) is 0.807. The molecule has 0 saturated heterocycles. The average molecular weight is 276 g/mol. The Bertz CT molecular complexity index is 597. The van der Waals surface area contributed by atoms with E-state index in [1.54, 1.807) is 0 Å². The van der Waals surface area contributed by atoms with E-state index >= 15 is 0 Å². The van der Waals surface area contributed by atoms with Crippen LogP contribution in [0, 0.1) is 0 Å². The molecule has 0 aliphatic carbocycles. The SMILES string of the molecule is CC(C)NCc1nnc(Nc2ccc3c(c2)OCO3)o1. The summed E-state index contributed by atoms with van der Waals surface area (Å²) in [5.74, 6) is 1.99. The van der Waals surface area contributed by atoms with E-state index in [1.165, 1.54) is 0 Å². The molecule has 0 unspecified atom stereocenters. The molecule has 0 saturated carbocycles. The van der Waals surface area contributed by atoms with E-state index in [2.05, 4.69) is 34.7 Å². The highest BCUT2D eigenvalue weighted by Gasteiger charge is 2.14. The number of rotatable bonds is 5. The molecule has 0 fully saturated rings. The Morgan fingerprint density at radius 2 is 2.05 bits per heavy atom. The summed E-state index contributed by atoms with van der Waals surface area (Å²) < 4.78 is 16.0. The maximum atomic E-state index is 5.49. The van der Waals surface area contributed by atoms with Gasteiger partial charge in [0, 0.05) is 17.8 Å². The standard InChI is InChI=1S/C13H16N4O3/c1-8(2)14-6-12-16-17-13(20-12)15-9-3-4-10-11(5-9)19-7-18-10/h3-5,8,14H,6-7H2,1-2H3,(H,15,17). The lowest BCUT2D eigenvalue weighted by Crippen LogP contribution is -2.21. The second-order valence-electron chi connectivity index (χ2n) is 4.73. The summed E-state index contributed by atoms with van der Waals surface area (Å²) in [5, 5.41) is 14.2. The molecule has 0 bridgehead atoms. The normalized spacial score (nSPS) is 12.9. The zero-order valence-corrected chi connectivity index (χ0v) is 11.3. The molecule has 1 aromatic heterocycles. The fourth-order valence-corrected chi connectivity index (χ4v) is 1.76. The average Bonchev–Trinajstić information content (AvgIpc) is 3.04. The van der Waals surface area contributed by atoms with Gasteiger partial charge in [0.15, 0.2) is 11.5 Å². The van der Waals surface area contributed by atoms with Crippen molar-refractivity contribution in [2.24, 2.45) is 0 Å². The molecular weight excluding hydrogens is 260 g/mol. The molecule has 1 aliphatic heterocycles. The molecule has 106 valence electrons. The second kappa shape index (κ2) is 5.38. The highest BCUT2D eigenvalue weighted by molar-refractivity contribution is 5.59. The lowest BCUT2D eigenvalue weighted by molar-refractivity contribution is 0.174. The maximum Gasteiger partial charge on any atom is 0.320 e. The molecule has 0 radical (unpaired) electrons. The topological polar surface area (TPSA) is 81.4 Å². The summed E-state index contributed by atoms with van der Waals surface area (Å²) >= 11 is 0. The molecule has 0 spiro atoms. The predicted molar refractivity (Wildman–Crippen MR) is 72.1 cm³/mol. The van der Waals surface area contributed by atoms with Gasteiger partial charge >= 0.3 is 6.01 Å². The summed E-state index contributed by atoms with van der Waals surface area (Å²) in [4.78, 5) is 0. The molecule has 1 aliphatic rings. The van der Waals surface area contributed by atoms with Crippen LogP contribution in [-0.2, 0) is 6.54 Å². The van der Waals surface area contributed by atoms with Crippen molar-refractivity contribution in [2.75, 3.05) is 12.1 Å². The maximum absolute atomic E-state index is 5.49.